The lowest BCUT2D eigenvalue weighted by Gasteiger charge is -2.26. The molecule has 0 unspecified atom stereocenters. The Balaban J connectivity index is 2.37. The Bertz CT molecular complexity index is 500. The van der Waals surface area contributed by atoms with Gasteiger partial charge in [-0.05, 0) is 31.0 Å². The fraction of sp³-hybridized carbons (Fsp3) is 0.538. The average Bonchev–Trinajstić information content (AvgIpc) is 3.22. The molecule has 0 spiro atoms. The summed E-state index contributed by atoms with van der Waals surface area (Å²) in [7, 11) is 0. The van der Waals surface area contributed by atoms with Crippen LogP contribution in [0.25, 0.3) is 0 Å². The van der Waals surface area contributed by atoms with Crippen LogP contribution in [0.15, 0.2) is 18.2 Å². The molecular weight excluding hydrogens is 332 g/mol. The molecule has 0 aromatic heterocycles. The zero-order chi connectivity index (χ0) is 15.7. The standard InChI is InChI=1S/C13H13Cl2F3O3/c14-6-12(19,7-15)10-5-9(21-13(16,17)18)3-4-11(10)20-8-1-2-8/h3-5,8,19H,1-2,6-7H2. The van der Waals surface area contributed by atoms with E-state index in [1.54, 1.807) is 0 Å². The third-order valence-corrected chi connectivity index (χ3v) is 3.83. The second kappa shape index (κ2) is 6.10. The van der Waals surface area contributed by atoms with Crippen LogP contribution in [0, 0.1) is 0 Å². The van der Waals surface area contributed by atoms with Crippen molar-refractivity contribution in [2.45, 2.75) is 30.9 Å². The summed E-state index contributed by atoms with van der Waals surface area (Å²) < 4.78 is 46.3. The van der Waals surface area contributed by atoms with Gasteiger partial charge >= 0.3 is 6.36 Å². The van der Waals surface area contributed by atoms with Crippen LogP contribution in [0.5, 0.6) is 11.5 Å². The van der Waals surface area contributed by atoms with Gasteiger partial charge in [0.2, 0.25) is 0 Å². The predicted molar refractivity (Wildman–Crippen MR) is 72.1 cm³/mol. The van der Waals surface area contributed by atoms with E-state index in [2.05, 4.69) is 4.74 Å². The normalized spacial score (nSPS) is 15.9. The molecule has 1 saturated carbocycles. The summed E-state index contributed by atoms with van der Waals surface area (Å²) in [6.07, 6.45) is -3.09. The third-order valence-electron chi connectivity index (χ3n) is 2.95. The van der Waals surface area contributed by atoms with Crippen molar-refractivity contribution in [1.29, 1.82) is 0 Å². The average molecular weight is 345 g/mol. The van der Waals surface area contributed by atoms with Crippen molar-refractivity contribution in [2.24, 2.45) is 0 Å². The molecule has 2 rings (SSSR count). The van der Waals surface area contributed by atoms with Gasteiger partial charge in [-0.15, -0.1) is 36.4 Å². The number of rotatable bonds is 6. The first kappa shape index (κ1) is 16.5. The molecule has 0 amide bonds. The van der Waals surface area contributed by atoms with E-state index in [1.807, 2.05) is 0 Å². The fourth-order valence-electron chi connectivity index (χ4n) is 1.72. The molecule has 21 heavy (non-hydrogen) atoms. The lowest BCUT2D eigenvalue weighted by Crippen LogP contribution is -2.31. The van der Waals surface area contributed by atoms with Crippen LogP contribution in [-0.2, 0) is 5.60 Å². The molecule has 1 aliphatic carbocycles. The molecule has 0 radical (unpaired) electrons. The minimum absolute atomic E-state index is 0.00744. The smallest absolute Gasteiger partial charge is 0.490 e. The van der Waals surface area contributed by atoms with Gasteiger partial charge in [-0.2, -0.15) is 0 Å². The Morgan fingerprint density at radius 1 is 1.19 bits per heavy atom. The van der Waals surface area contributed by atoms with Crippen LogP contribution in [0.1, 0.15) is 18.4 Å². The summed E-state index contributed by atoms with van der Waals surface area (Å²) in [6, 6.07) is 3.49. The Labute approximate surface area is 129 Å². The van der Waals surface area contributed by atoms with Gasteiger partial charge in [0.25, 0.3) is 0 Å². The van der Waals surface area contributed by atoms with Gasteiger partial charge in [0, 0.05) is 5.56 Å². The number of alkyl halides is 5. The van der Waals surface area contributed by atoms with E-state index < -0.39 is 17.7 Å². The van der Waals surface area contributed by atoms with E-state index in [0.717, 1.165) is 25.0 Å². The Morgan fingerprint density at radius 2 is 1.81 bits per heavy atom. The lowest BCUT2D eigenvalue weighted by molar-refractivity contribution is -0.274. The van der Waals surface area contributed by atoms with E-state index in [9.17, 15) is 18.3 Å². The van der Waals surface area contributed by atoms with Crippen molar-refractivity contribution in [2.75, 3.05) is 11.8 Å². The molecule has 118 valence electrons. The summed E-state index contributed by atoms with van der Waals surface area (Å²) in [5, 5.41) is 10.4. The van der Waals surface area contributed by atoms with E-state index in [4.69, 9.17) is 27.9 Å². The molecule has 0 saturated heterocycles. The maximum absolute atomic E-state index is 12.3. The first-order valence-electron chi connectivity index (χ1n) is 6.18. The van der Waals surface area contributed by atoms with Crippen LogP contribution in [0.3, 0.4) is 0 Å². The van der Waals surface area contributed by atoms with Gasteiger partial charge in [0.15, 0.2) is 0 Å². The van der Waals surface area contributed by atoms with Gasteiger partial charge in [-0.1, -0.05) is 0 Å². The zero-order valence-electron chi connectivity index (χ0n) is 10.8. The SMILES string of the molecule is OC(CCl)(CCl)c1cc(OC(F)(F)F)ccc1OC1CC1. The molecule has 0 atom stereocenters. The molecule has 0 heterocycles. The second-order valence-corrected chi connectivity index (χ2v) is 5.36. The molecule has 1 aliphatic rings. The molecule has 1 aromatic rings. The van der Waals surface area contributed by atoms with Crippen molar-refractivity contribution in [3.8, 4) is 11.5 Å². The van der Waals surface area contributed by atoms with Crippen molar-refractivity contribution in [3.05, 3.63) is 23.8 Å². The number of hydrogen-bond donors (Lipinski definition) is 1. The molecule has 1 fully saturated rings. The summed E-state index contributed by atoms with van der Waals surface area (Å²) in [5.74, 6) is -0.773. The highest BCUT2D eigenvalue weighted by Gasteiger charge is 2.36. The highest BCUT2D eigenvalue weighted by Crippen LogP contribution is 2.39. The molecular formula is C13H13Cl2F3O3. The molecule has 1 aromatic carbocycles. The van der Waals surface area contributed by atoms with Gasteiger partial charge in [-0.3, -0.25) is 0 Å². The fourth-order valence-corrected chi connectivity index (χ4v) is 2.29. The maximum atomic E-state index is 12.3. The van der Waals surface area contributed by atoms with Gasteiger partial charge in [0.1, 0.15) is 17.1 Å². The lowest BCUT2D eigenvalue weighted by atomic mass is 9.96. The van der Waals surface area contributed by atoms with E-state index in [0.29, 0.717) is 0 Å². The number of benzene rings is 1. The van der Waals surface area contributed by atoms with Crippen LogP contribution < -0.4 is 9.47 Å². The topological polar surface area (TPSA) is 38.7 Å². The van der Waals surface area contributed by atoms with Gasteiger partial charge < -0.3 is 14.6 Å². The largest absolute Gasteiger partial charge is 0.573 e. The highest BCUT2D eigenvalue weighted by molar-refractivity contribution is 6.21. The van der Waals surface area contributed by atoms with E-state index in [1.165, 1.54) is 6.07 Å². The number of aliphatic hydroxyl groups is 1. The number of hydrogen-bond acceptors (Lipinski definition) is 3. The van der Waals surface area contributed by atoms with Crippen molar-refractivity contribution in [3.63, 3.8) is 0 Å². The molecule has 1 N–H and O–H groups in total. The molecule has 0 bridgehead atoms. The summed E-state index contributed by atoms with van der Waals surface area (Å²) in [4.78, 5) is 0. The van der Waals surface area contributed by atoms with E-state index >= 15 is 0 Å². The quantitative estimate of drug-likeness (QED) is 0.798. The predicted octanol–water partition coefficient (Wildman–Crippen LogP) is 3.79. The van der Waals surface area contributed by atoms with Crippen LogP contribution >= 0.6 is 23.2 Å². The van der Waals surface area contributed by atoms with Crippen molar-refractivity contribution >= 4 is 23.2 Å². The van der Waals surface area contributed by atoms with E-state index in [-0.39, 0.29) is 29.2 Å². The van der Waals surface area contributed by atoms with Crippen LogP contribution in [0.4, 0.5) is 13.2 Å². The Kier molecular flexibility index (Phi) is 4.80. The monoisotopic (exact) mass is 344 g/mol. The summed E-state index contributed by atoms with van der Waals surface area (Å²) in [5.41, 5.74) is -1.61. The zero-order valence-corrected chi connectivity index (χ0v) is 12.3. The number of ether oxygens (including phenoxy) is 2. The first-order valence-corrected chi connectivity index (χ1v) is 7.25. The second-order valence-electron chi connectivity index (χ2n) is 4.82. The molecule has 8 heteroatoms. The van der Waals surface area contributed by atoms with Gasteiger partial charge in [0.05, 0.1) is 17.9 Å². The first-order chi connectivity index (χ1) is 9.77. The minimum atomic E-state index is -4.82. The minimum Gasteiger partial charge on any atom is -0.490 e. The summed E-state index contributed by atoms with van der Waals surface area (Å²) in [6.45, 7) is 0. The van der Waals surface area contributed by atoms with Crippen LogP contribution in [-0.4, -0.2) is 29.3 Å². The summed E-state index contributed by atoms with van der Waals surface area (Å²) >= 11 is 11.4. The van der Waals surface area contributed by atoms with Crippen LogP contribution in [0.2, 0.25) is 0 Å². The van der Waals surface area contributed by atoms with Crippen molar-refractivity contribution < 1.29 is 27.8 Å². The maximum Gasteiger partial charge on any atom is 0.573 e. The Hall–Kier alpha value is -0.850. The molecule has 3 nitrogen and oxygen atoms in total. The number of halogens is 5. The third kappa shape index (κ3) is 4.31. The Morgan fingerprint density at radius 3 is 2.29 bits per heavy atom. The van der Waals surface area contributed by atoms with Gasteiger partial charge in [-0.25, -0.2) is 0 Å². The highest BCUT2D eigenvalue weighted by atomic mass is 35.5. The molecule has 0 aliphatic heterocycles. The van der Waals surface area contributed by atoms with Crippen molar-refractivity contribution in [1.82, 2.24) is 0 Å².